The van der Waals surface area contributed by atoms with Gasteiger partial charge in [-0.25, -0.2) is 8.42 Å². The van der Waals surface area contributed by atoms with Gasteiger partial charge in [0, 0.05) is 12.7 Å². The molecule has 0 atom stereocenters. The Labute approximate surface area is 94.5 Å². The fourth-order valence-electron chi connectivity index (χ4n) is 1.70. The van der Waals surface area contributed by atoms with Gasteiger partial charge in [0.1, 0.15) is 0 Å². The van der Waals surface area contributed by atoms with Crippen molar-refractivity contribution in [3.63, 3.8) is 0 Å². The molecule has 1 saturated heterocycles. The van der Waals surface area contributed by atoms with Gasteiger partial charge in [0.15, 0.2) is 0 Å². The van der Waals surface area contributed by atoms with Gasteiger partial charge in [-0.05, 0) is 18.6 Å². The third-order valence-corrected chi connectivity index (χ3v) is 4.43. The highest BCUT2D eigenvalue weighted by atomic mass is 32.2. The Hall–Kier alpha value is -1.18. The van der Waals surface area contributed by atoms with Crippen molar-refractivity contribution in [3.8, 4) is 0 Å². The average Bonchev–Trinajstić information content (AvgIpc) is 2.59. The van der Waals surface area contributed by atoms with Gasteiger partial charge in [-0.3, -0.25) is 10.8 Å². The summed E-state index contributed by atoms with van der Waals surface area (Å²) in [6.45, 7) is 0.891. The predicted molar refractivity (Wildman–Crippen MR) is 60.9 cm³/mol. The lowest BCUT2D eigenvalue weighted by molar-refractivity contribution is 0.435. The van der Waals surface area contributed by atoms with E-state index in [-0.39, 0.29) is 5.75 Å². The summed E-state index contributed by atoms with van der Waals surface area (Å²) in [5, 5.41) is 0. The Morgan fingerprint density at radius 2 is 2.38 bits per heavy atom. The molecule has 2 rings (SSSR count). The third kappa shape index (κ3) is 2.31. The maximum atomic E-state index is 11.6. The molecule has 7 heteroatoms. The summed E-state index contributed by atoms with van der Waals surface area (Å²) in [4.78, 5) is 4.11. The zero-order valence-corrected chi connectivity index (χ0v) is 9.57. The van der Waals surface area contributed by atoms with E-state index in [1.165, 1.54) is 4.31 Å². The van der Waals surface area contributed by atoms with Gasteiger partial charge in [-0.1, -0.05) is 0 Å². The summed E-state index contributed by atoms with van der Waals surface area (Å²) in [6.07, 6.45) is 2.30. The van der Waals surface area contributed by atoms with Crippen molar-refractivity contribution < 1.29 is 8.42 Å². The second-order valence-corrected chi connectivity index (χ2v) is 5.77. The first-order valence-electron chi connectivity index (χ1n) is 5.01. The van der Waals surface area contributed by atoms with Crippen LogP contribution in [0.5, 0.6) is 0 Å². The summed E-state index contributed by atoms with van der Waals surface area (Å²) in [7, 11) is -3.06. The van der Waals surface area contributed by atoms with Crippen LogP contribution in [0.2, 0.25) is 0 Å². The molecule has 0 aromatic carbocycles. The molecule has 2 heterocycles. The van der Waals surface area contributed by atoms with Crippen molar-refractivity contribution in [3.05, 3.63) is 24.0 Å². The van der Waals surface area contributed by atoms with Gasteiger partial charge in [0.05, 0.1) is 23.7 Å². The number of nitrogens with one attached hydrogen (secondary N) is 1. The maximum absolute atomic E-state index is 11.6. The van der Waals surface area contributed by atoms with E-state index in [9.17, 15) is 8.42 Å². The minimum absolute atomic E-state index is 0.238. The molecule has 0 spiro atoms. The lowest BCUT2D eigenvalue weighted by Crippen LogP contribution is -2.25. The number of hydrazine groups is 1. The normalized spacial score (nSPS) is 19.8. The Morgan fingerprint density at radius 3 is 3.00 bits per heavy atom. The Balaban J connectivity index is 2.15. The number of nitrogens with zero attached hydrogens (tertiary/aromatic N) is 2. The highest BCUT2D eigenvalue weighted by molar-refractivity contribution is 7.89. The molecule has 0 unspecified atom stereocenters. The molecule has 0 bridgehead atoms. The van der Waals surface area contributed by atoms with Crippen LogP contribution in [0.1, 0.15) is 12.1 Å². The molecule has 0 radical (unpaired) electrons. The van der Waals surface area contributed by atoms with Gasteiger partial charge >= 0.3 is 0 Å². The van der Waals surface area contributed by atoms with E-state index in [1.807, 2.05) is 0 Å². The van der Waals surface area contributed by atoms with Gasteiger partial charge in [0.2, 0.25) is 10.0 Å². The molecule has 1 aliphatic rings. The predicted octanol–water partition coefficient (Wildman–Crippen LogP) is -0.0973. The van der Waals surface area contributed by atoms with Crippen LogP contribution < -0.4 is 11.3 Å². The third-order valence-electron chi connectivity index (χ3n) is 2.52. The summed E-state index contributed by atoms with van der Waals surface area (Å²) in [6, 6.07) is 3.47. The van der Waals surface area contributed by atoms with Crippen LogP contribution in [0.25, 0.3) is 0 Å². The van der Waals surface area contributed by atoms with E-state index in [0.29, 0.717) is 25.2 Å². The first-order chi connectivity index (χ1) is 7.62. The lowest BCUT2D eigenvalue weighted by atomic mass is 10.3. The quantitative estimate of drug-likeness (QED) is 0.571. The van der Waals surface area contributed by atoms with Crippen molar-refractivity contribution in [1.29, 1.82) is 0 Å². The second kappa shape index (κ2) is 4.36. The monoisotopic (exact) mass is 242 g/mol. The smallest absolute Gasteiger partial charge is 0.214 e. The van der Waals surface area contributed by atoms with Crippen molar-refractivity contribution in [2.75, 3.05) is 17.7 Å². The Bertz CT molecular complexity index is 474. The summed E-state index contributed by atoms with van der Waals surface area (Å²) in [5.74, 6) is 5.51. The molecule has 1 aliphatic heterocycles. The molecular weight excluding hydrogens is 228 g/mol. The molecule has 6 nitrogen and oxygen atoms in total. The van der Waals surface area contributed by atoms with E-state index in [1.54, 1.807) is 18.3 Å². The standard InChI is InChI=1S/C9H14N4O2S/c10-12-8-2-3-11-9(6-8)7-13-4-1-5-16(13,14)15/h2-3,6H,1,4-5,7,10H2,(H,11,12). The number of rotatable bonds is 3. The second-order valence-electron chi connectivity index (χ2n) is 3.68. The number of nitrogen functional groups attached to an aromatic ring is 1. The van der Waals surface area contributed by atoms with E-state index in [2.05, 4.69) is 10.4 Å². The number of nitrogens with two attached hydrogens (primary N) is 1. The molecule has 88 valence electrons. The molecule has 0 amide bonds. The van der Waals surface area contributed by atoms with Crippen LogP contribution in [-0.2, 0) is 16.6 Å². The van der Waals surface area contributed by atoms with Crippen LogP contribution in [0, 0.1) is 0 Å². The van der Waals surface area contributed by atoms with Gasteiger partial charge in [-0.2, -0.15) is 4.31 Å². The molecular formula is C9H14N4O2S. The topological polar surface area (TPSA) is 88.3 Å². The van der Waals surface area contributed by atoms with E-state index in [0.717, 1.165) is 5.69 Å². The minimum atomic E-state index is -3.06. The van der Waals surface area contributed by atoms with Crippen molar-refractivity contribution in [2.24, 2.45) is 5.84 Å². The minimum Gasteiger partial charge on any atom is -0.324 e. The number of sulfonamides is 1. The van der Waals surface area contributed by atoms with E-state index < -0.39 is 10.0 Å². The number of anilines is 1. The Morgan fingerprint density at radius 1 is 1.56 bits per heavy atom. The average molecular weight is 242 g/mol. The van der Waals surface area contributed by atoms with Crippen molar-refractivity contribution >= 4 is 15.7 Å². The zero-order valence-electron chi connectivity index (χ0n) is 8.76. The number of hydrogen-bond acceptors (Lipinski definition) is 5. The maximum Gasteiger partial charge on any atom is 0.214 e. The molecule has 16 heavy (non-hydrogen) atoms. The first kappa shape index (κ1) is 11.3. The van der Waals surface area contributed by atoms with Crippen LogP contribution in [0.4, 0.5) is 5.69 Å². The molecule has 1 aromatic rings. The largest absolute Gasteiger partial charge is 0.324 e. The fraction of sp³-hybridized carbons (Fsp3) is 0.444. The van der Waals surface area contributed by atoms with Crippen LogP contribution in [0.15, 0.2) is 18.3 Å². The fourth-order valence-corrected chi connectivity index (χ4v) is 3.19. The molecule has 1 fully saturated rings. The van der Waals surface area contributed by atoms with Crippen molar-refractivity contribution in [1.82, 2.24) is 9.29 Å². The van der Waals surface area contributed by atoms with Crippen LogP contribution in [0.3, 0.4) is 0 Å². The van der Waals surface area contributed by atoms with E-state index in [4.69, 9.17) is 5.84 Å². The number of hydrogen-bond donors (Lipinski definition) is 2. The number of pyridine rings is 1. The SMILES string of the molecule is NNc1ccnc(CN2CCCS2(=O)=O)c1. The Kier molecular flexibility index (Phi) is 3.08. The molecule has 0 aliphatic carbocycles. The lowest BCUT2D eigenvalue weighted by Gasteiger charge is -2.13. The van der Waals surface area contributed by atoms with E-state index >= 15 is 0 Å². The van der Waals surface area contributed by atoms with Crippen molar-refractivity contribution in [2.45, 2.75) is 13.0 Å². The van der Waals surface area contributed by atoms with Gasteiger partial charge in [-0.15, -0.1) is 0 Å². The zero-order chi connectivity index (χ0) is 11.6. The highest BCUT2D eigenvalue weighted by Gasteiger charge is 2.28. The van der Waals surface area contributed by atoms with Crippen LogP contribution >= 0.6 is 0 Å². The summed E-state index contributed by atoms with van der Waals surface area (Å²) >= 11 is 0. The van der Waals surface area contributed by atoms with Crippen LogP contribution in [-0.4, -0.2) is 30.0 Å². The van der Waals surface area contributed by atoms with Gasteiger partial charge < -0.3 is 5.43 Å². The molecule has 1 aromatic heterocycles. The highest BCUT2D eigenvalue weighted by Crippen LogP contribution is 2.17. The first-order valence-corrected chi connectivity index (χ1v) is 6.62. The van der Waals surface area contributed by atoms with Gasteiger partial charge in [0.25, 0.3) is 0 Å². The summed E-state index contributed by atoms with van der Waals surface area (Å²) < 4.78 is 24.6. The number of aromatic nitrogens is 1. The summed E-state index contributed by atoms with van der Waals surface area (Å²) in [5.41, 5.74) is 3.92. The molecule has 0 saturated carbocycles. The molecule has 3 N–H and O–H groups in total.